The molecule has 0 bridgehead atoms. The molecular weight excluding hydrogens is 304 g/mol. The molecule has 0 aromatic rings. The van der Waals surface area contributed by atoms with Crippen LogP contribution < -0.4 is 0 Å². The van der Waals surface area contributed by atoms with Crippen molar-refractivity contribution < 1.29 is 31.1 Å². The molecule has 1 rings (SSSR count). The number of carbonyl (C=O) groups is 1. The summed E-state index contributed by atoms with van der Waals surface area (Å²) in [6, 6.07) is 1.40. The third-order valence-corrected chi connectivity index (χ3v) is 3.26. The van der Waals surface area contributed by atoms with Crippen molar-refractivity contribution in [2.24, 2.45) is 5.92 Å². The minimum Gasteiger partial charge on any atom is -0.339 e. The van der Waals surface area contributed by atoms with E-state index in [4.69, 9.17) is 5.26 Å². The molecule has 1 aliphatic heterocycles. The Bertz CT molecular complexity index is 405. The Balaban J connectivity index is 2.78. The van der Waals surface area contributed by atoms with Gasteiger partial charge in [-0.05, 0) is 6.92 Å². The summed E-state index contributed by atoms with van der Waals surface area (Å²) in [5, 5.41) is 8.69. The lowest BCUT2D eigenvalue weighted by atomic mass is 10.1. The smallest absolute Gasteiger partial charge is 0.339 e. The highest BCUT2D eigenvalue weighted by Crippen LogP contribution is 2.40. The second kappa shape index (κ2) is 6.09. The molecule has 0 spiro atoms. The van der Waals surface area contributed by atoms with Crippen molar-refractivity contribution in [1.82, 2.24) is 9.80 Å². The van der Waals surface area contributed by atoms with Crippen LogP contribution in [-0.2, 0) is 4.79 Å². The number of halogens is 6. The minimum absolute atomic E-state index is 0.0584. The molecule has 0 aromatic carbocycles. The summed E-state index contributed by atoms with van der Waals surface area (Å²) in [5.74, 6) is -5.98. The zero-order valence-electron chi connectivity index (χ0n) is 11.0. The molecule has 1 saturated heterocycles. The first-order valence-corrected chi connectivity index (χ1v) is 6.04. The second-order valence-corrected chi connectivity index (χ2v) is 4.68. The quantitative estimate of drug-likeness (QED) is 0.730. The van der Waals surface area contributed by atoms with E-state index >= 15 is 0 Å². The van der Waals surface area contributed by atoms with Gasteiger partial charge in [0.1, 0.15) is 0 Å². The van der Waals surface area contributed by atoms with Crippen LogP contribution in [0.2, 0.25) is 0 Å². The number of hydrogen-bond donors (Lipinski definition) is 0. The van der Waals surface area contributed by atoms with Crippen molar-refractivity contribution in [1.29, 1.82) is 5.26 Å². The number of piperazine rings is 1. The number of carbonyl (C=O) groups excluding carboxylic acids is 1. The van der Waals surface area contributed by atoms with Gasteiger partial charge >= 0.3 is 12.4 Å². The average Bonchev–Trinajstić information content (AvgIpc) is 2.34. The molecule has 120 valence electrons. The van der Waals surface area contributed by atoms with E-state index in [0.29, 0.717) is 4.90 Å². The molecule has 4 nitrogen and oxygen atoms in total. The number of amides is 1. The molecule has 0 saturated carbocycles. The Morgan fingerprint density at radius 2 is 1.48 bits per heavy atom. The van der Waals surface area contributed by atoms with Crippen molar-refractivity contribution in [2.75, 3.05) is 26.2 Å². The van der Waals surface area contributed by atoms with Crippen LogP contribution in [0.15, 0.2) is 0 Å². The van der Waals surface area contributed by atoms with Crippen LogP contribution in [0, 0.1) is 17.2 Å². The van der Waals surface area contributed by atoms with Crippen LogP contribution in [0.1, 0.15) is 6.92 Å². The maximum absolute atomic E-state index is 12.5. The van der Waals surface area contributed by atoms with E-state index in [9.17, 15) is 31.1 Å². The molecule has 21 heavy (non-hydrogen) atoms. The van der Waals surface area contributed by atoms with Crippen molar-refractivity contribution in [3.63, 3.8) is 0 Å². The van der Waals surface area contributed by atoms with Crippen molar-refractivity contribution in [3.05, 3.63) is 0 Å². The first kappa shape index (κ1) is 17.6. The van der Waals surface area contributed by atoms with Gasteiger partial charge in [0.25, 0.3) is 0 Å². The number of nitrogens with zero attached hydrogens (tertiary/aromatic N) is 3. The predicted molar refractivity (Wildman–Crippen MR) is 58.8 cm³/mol. The van der Waals surface area contributed by atoms with E-state index in [1.165, 1.54) is 0 Å². The standard InChI is InChI=1S/C11H13F6N3O/c1-7(6-18)19-2-4-20(5-3-19)9(21)8(10(12,13)14)11(15,16)17/h7-8H,2-5H2,1H3. The van der Waals surface area contributed by atoms with Gasteiger partial charge in [0.05, 0.1) is 12.1 Å². The van der Waals surface area contributed by atoms with Gasteiger partial charge in [0.15, 0.2) is 0 Å². The lowest BCUT2D eigenvalue weighted by Crippen LogP contribution is -2.56. The molecule has 0 aromatic heterocycles. The van der Waals surface area contributed by atoms with Crippen molar-refractivity contribution in [3.8, 4) is 6.07 Å². The van der Waals surface area contributed by atoms with Gasteiger partial charge in [-0.2, -0.15) is 31.6 Å². The summed E-state index contributed by atoms with van der Waals surface area (Å²) in [7, 11) is 0. The van der Waals surface area contributed by atoms with Crippen molar-refractivity contribution >= 4 is 5.91 Å². The summed E-state index contributed by atoms with van der Waals surface area (Å²) >= 11 is 0. The van der Waals surface area contributed by atoms with Crippen LogP contribution >= 0.6 is 0 Å². The normalized spacial score (nSPS) is 19.5. The second-order valence-electron chi connectivity index (χ2n) is 4.68. The van der Waals surface area contributed by atoms with Crippen LogP contribution in [0.3, 0.4) is 0 Å². The average molecular weight is 317 g/mol. The number of alkyl halides is 6. The Morgan fingerprint density at radius 3 is 1.81 bits per heavy atom. The molecular formula is C11H13F6N3O. The Hall–Kier alpha value is -1.50. The van der Waals surface area contributed by atoms with Gasteiger partial charge < -0.3 is 4.90 Å². The molecule has 0 radical (unpaired) electrons. The van der Waals surface area contributed by atoms with Crippen LogP contribution in [0.25, 0.3) is 0 Å². The molecule has 1 atom stereocenters. The van der Waals surface area contributed by atoms with Gasteiger partial charge in [-0.3, -0.25) is 9.69 Å². The Kier molecular flexibility index (Phi) is 5.09. The van der Waals surface area contributed by atoms with Gasteiger partial charge in [0, 0.05) is 26.2 Å². The topological polar surface area (TPSA) is 47.3 Å². The minimum atomic E-state index is -5.67. The predicted octanol–water partition coefficient (Wildman–Crippen LogP) is 1.78. The molecule has 1 aliphatic rings. The highest BCUT2D eigenvalue weighted by molar-refractivity contribution is 5.80. The largest absolute Gasteiger partial charge is 0.409 e. The summed E-state index contributed by atoms with van der Waals surface area (Å²) in [6.07, 6.45) is -11.3. The SMILES string of the molecule is CC(C#N)N1CCN(C(=O)C(C(F)(F)F)C(F)(F)F)CC1. The number of nitriles is 1. The summed E-state index contributed by atoms with van der Waals surface area (Å²) in [4.78, 5) is 13.7. The van der Waals surface area contributed by atoms with Gasteiger partial charge in [-0.15, -0.1) is 0 Å². The highest BCUT2D eigenvalue weighted by atomic mass is 19.4. The third-order valence-electron chi connectivity index (χ3n) is 3.26. The van der Waals surface area contributed by atoms with Crippen LogP contribution in [-0.4, -0.2) is 60.3 Å². The van der Waals surface area contributed by atoms with E-state index in [1.54, 1.807) is 11.8 Å². The first-order chi connectivity index (χ1) is 9.48. The van der Waals surface area contributed by atoms with E-state index in [1.807, 2.05) is 6.07 Å². The maximum Gasteiger partial charge on any atom is 0.409 e. The number of hydrogen-bond acceptors (Lipinski definition) is 3. The monoisotopic (exact) mass is 317 g/mol. The van der Waals surface area contributed by atoms with E-state index < -0.39 is 30.2 Å². The van der Waals surface area contributed by atoms with E-state index in [-0.39, 0.29) is 26.2 Å². The molecule has 1 amide bonds. The zero-order valence-corrected chi connectivity index (χ0v) is 11.0. The van der Waals surface area contributed by atoms with Crippen LogP contribution in [0.4, 0.5) is 26.3 Å². The lowest BCUT2D eigenvalue weighted by Gasteiger charge is -2.37. The van der Waals surface area contributed by atoms with E-state index in [2.05, 4.69) is 0 Å². The summed E-state index contributed by atoms with van der Waals surface area (Å²) in [6.45, 7) is 1.14. The van der Waals surface area contributed by atoms with Gasteiger partial charge in [-0.25, -0.2) is 0 Å². The summed E-state index contributed by atoms with van der Waals surface area (Å²) < 4.78 is 74.8. The van der Waals surface area contributed by atoms with Crippen LogP contribution in [0.5, 0.6) is 0 Å². The van der Waals surface area contributed by atoms with Gasteiger partial charge in [0.2, 0.25) is 11.8 Å². The third kappa shape index (κ3) is 4.23. The Labute approximate surface area is 116 Å². The summed E-state index contributed by atoms with van der Waals surface area (Å²) in [5.41, 5.74) is 0. The molecule has 0 aliphatic carbocycles. The fraction of sp³-hybridized carbons (Fsp3) is 0.818. The Morgan fingerprint density at radius 1 is 1.05 bits per heavy atom. The fourth-order valence-electron chi connectivity index (χ4n) is 2.06. The van der Waals surface area contributed by atoms with Crippen molar-refractivity contribution in [2.45, 2.75) is 25.3 Å². The molecule has 0 N–H and O–H groups in total. The fourth-order valence-corrected chi connectivity index (χ4v) is 2.06. The molecule has 10 heteroatoms. The van der Waals surface area contributed by atoms with E-state index in [0.717, 1.165) is 0 Å². The molecule has 1 unspecified atom stereocenters. The molecule has 1 heterocycles. The lowest BCUT2D eigenvalue weighted by molar-refractivity contribution is -0.278. The first-order valence-electron chi connectivity index (χ1n) is 6.04. The molecule has 1 fully saturated rings. The zero-order chi connectivity index (χ0) is 16.4. The maximum atomic E-state index is 12.5. The van der Waals surface area contributed by atoms with Gasteiger partial charge in [-0.1, -0.05) is 0 Å². The number of rotatable bonds is 2. The highest BCUT2D eigenvalue weighted by Gasteiger charge is 2.62.